The van der Waals surface area contributed by atoms with Gasteiger partial charge in [0.25, 0.3) is 0 Å². The number of fused-ring (bicyclic) bond motifs is 1. The van der Waals surface area contributed by atoms with Gasteiger partial charge in [-0.15, -0.1) is 0 Å². The first kappa shape index (κ1) is 9.45. The summed E-state index contributed by atoms with van der Waals surface area (Å²) in [5, 5.41) is 8.57. The summed E-state index contributed by atoms with van der Waals surface area (Å²) in [6.45, 7) is -0.484. The predicted molar refractivity (Wildman–Crippen MR) is 50.2 cm³/mol. The van der Waals surface area contributed by atoms with Gasteiger partial charge in [-0.05, 0) is 18.2 Å². The van der Waals surface area contributed by atoms with Gasteiger partial charge in [-0.25, -0.2) is 9.18 Å². The summed E-state index contributed by atoms with van der Waals surface area (Å²) in [5.41, 5.74) is 0.114. The lowest BCUT2D eigenvalue weighted by Crippen LogP contribution is -2.21. The van der Waals surface area contributed by atoms with Crippen LogP contribution in [0.15, 0.2) is 23.0 Å². The quantitative estimate of drug-likeness (QED) is 0.760. The molecule has 0 spiro atoms. The van der Waals surface area contributed by atoms with E-state index in [2.05, 4.69) is 4.98 Å². The Labute approximate surface area is 82.8 Å². The minimum absolute atomic E-state index is 0.252. The summed E-state index contributed by atoms with van der Waals surface area (Å²) in [6.07, 6.45) is 0. The third-order valence-corrected chi connectivity index (χ3v) is 2.03. The molecule has 1 aromatic carbocycles. The van der Waals surface area contributed by atoms with E-state index < -0.39 is 24.0 Å². The Hall–Kier alpha value is -2.11. The maximum atomic E-state index is 12.9. The van der Waals surface area contributed by atoms with Crippen LogP contribution in [0.3, 0.4) is 0 Å². The van der Waals surface area contributed by atoms with Crippen molar-refractivity contribution in [1.29, 1.82) is 0 Å². The van der Waals surface area contributed by atoms with Crippen LogP contribution in [0.4, 0.5) is 4.39 Å². The van der Waals surface area contributed by atoms with E-state index in [1.165, 1.54) is 12.1 Å². The fourth-order valence-corrected chi connectivity index (χ4v) is 1.42. The van der Waals surface area contributed by atoms with Crippen molar-refractivity contribution in [1.82, 2.24) is 9.55 Å². The molecule has 0 aliphatic carbocycles. The summed E-state index contributed by atoms with van der Waals surface area (Å²) in [6, 6.07) is 3.71. The SMILES string of the molecule is O=C(O)Cn1c(=O)[nH]c2ccc(F)cc21. The van der Waals surface area contributed by atoms with Gasteiger partial charge in [0, 0.05) is 0 Å². The number of carboxylic acid groups (broad SMARTS) is 1. The molecule has 78 valence electrons. The van der Waals surface area contributed by atoms with E-state index in [9.17, 15) is 14.0 Å². The smallest absolute Gasteiger partial charge is 0.327 e. The van der Waals surface area contributed by atoms with Crippen molar-refractivity contribution >= 4 is 17.0 Å². The zero-order valence-electron chi connectivity index (χ0n) is 7.53. The summed E-state index contributed by atoms with van der Waals surface area (Å²) in [5.74, 6) is -1.66. The number of halogens is 1. The topological polar surface area (TPSA) is 75.1 Å². The Morgan fingerprint density at radius 2 is 2.27 bits per heavy atom. The number of hydrogen-bond acceptors (Lipinski definition) is 2. The molecule has 0 amide bonds. The van der Waals surface area contributed by atoms with Gasteiger partial charge in [0.15, 0.2) is 0 Å². The normalized spacial score (nSPS) is 10.7. The van der Waals surface area contributed by atoms with Gasteiger partial charge in [-0.3, -0.25) is 9.36 Å². The highest BCUT2D eigenvalue weighted by Crippen LogP contribution is 2.11. The van der Waals surface area contributed by atoms with Crippen LogP contribution in [0.1, 0.15) is 0 Å². The van der Waals surface area contributed by atoms with E-state index in [-0.39, 0.29) is 5.52 Å². The fraction of sp³-hybridized carbons (Fsp3) is 0.111. The number of H-pyrrole nitrogens is 1. The van der Waals surface area contributed by atoms with Crippen molar-refractivity contribution < 1.29 is 14.3 Å². The second-order valence-electron chi connectivity index (χ2n) is 3.07. The lowest BCUT2D eigenvalue weighted by molar-refractivity contribution is -0.137. The second-order valence-corrected chi connectivity index (χ2v) is 3.07. The maximum Gasteiger partial charge on any atom is 0.327 e. The number of nitrogens with one attached hydrogen (secondary N) is 1. The third-order valence-electron chi connectivity index (χ3n) is 2.03. The zero-order chi connectivity index (χ0) is 11.0. The zero-order valence-corrected chi connectivity index (χ0v) is 7.53. The molecule has 0 bridgehead atoms. The van der Waals surface area contributed by atoms with Crippen LogP contribution in [0.5, 0.6) is 0 Å². The molecule has 2 N–H and O–H groups in total. The number of aromatic nitrogens is 2. The largest absolute Gasteiger partial charge is 0.480 e. The van der Waals surface area contributed by atoms with Crippen LogP contribution in [0.25, 0.3) is 11.0 Å². The molecular weight excluding hydrogens is 203 g/mol. The lowest BCUT2D eigenvalue weighted by atomic mass is 10.3. The maximum absolute atomic E-state index is 12.9. The number of hydrogen-bond donors (Lipinski definition) is 2. The van der Waals surface area contributed by atoms with Crippen molar-refractivity contribution in [2.75, 3.05) is 0 Å². The first-order chi connectivity index (χ1) is 7.08. The van der Waals surface area contributed by atoms with Crippen molar-refractivity contribution in [2.24, 2.45) is 0 Å². The van der Waals surface area contributed by atoms with Gasteiger partial charge >= 0.3 is 11.7 Å². The minimum atomic E-state index is -1.15. The average Bonchev–Trinajstić information content (AvgIpc) is 2.43. The number of rotatable bonds is 2. The van der Waals surface area contributed by atoms with E-state index in [4.69, 9.17) is 5.11 Å². The molecule has 0 unspecified atom stereocenters. The standard InChI is InChI=1S/C9H7FN2O3/c10-5-1-2-6-7(3-5)12(4-8(13)14)9(15)11-6/h1-3H,4H2,(H,11,15)(H,13,14). The van der Waals surface area contributed by atoms with E-state index in [1.54, 1.807) is 0 Å². The van der Waals surface area contributed by atoms with Crippen LogP contribution in [-0.2, 0) is 11.3 Å². The molecule has 2 aromatic rings. The highest BCUT2D eigenvalue weighted by molar-refractivity contribution is 5.77. The Bertz CT molecular complexity index is 585. The molecule has 0 aliphatic rings. The van der Waals surface area contributed by atoms with Crippen LogP contribution < -0.4 is 5.69 Å². The van der Waals surface area contributed by atoms with Gasteiger partial charge in [0.2, 0.25) is 0 Å². The third kappa shape index (κ3) is 1.61. The van der Waals surface area contributed by atoms with Crippen molar-refractivity contribution in [3.05, 3.63) is 34.5 Å². The van der Waals surface area contributed by atoms with Crippen molar-refractivity contribution in [3.63, 3.8) is 0 Å². The number of carbonyl (C=O) groups is 1. The molecule has 6 heteroatoms. The number of aromatic amines is 1. The first-order valence-electron chi connectivity index (χ1n) is 4.18. The van der Waals surface area contributed by atoms with Crippen molar-refractivity contribution in [3.8, 4) is 0 Å². The number of benzene rings is 1. The Kier molecular flexibility index (Phi) is 2.03. The Balaban J connectivity index is 2.70. The lowest BCUT2D eigenvalue weighted by Gasteiger charge is -1.97. The molecule has 0 saturated carbocycles. The molecule has 0 aliphatic heterocycles. The van der Waals surface area contributed by atoms with Gasteiger partial charge in [0.05, 0.1) is 11.0 Å². The molecule has 0 saturated heterocycles. The molecule has 2 rings (SSSR count). The minimum Gasteiger partial charge on any atom is -0.480 e. The molecule has 1 heterocycles. The summed E-state index contributed by atoms with van der Waals surface area (Å²) in [4.78, 5) is 24.2. The summed E-state index contributed by atoms with van der Waals surface area (Å²) >= 11 is 0. The highest BCUT2D eigenvalue weighted by atomic mass is 19.1. The van der Waals surface area contributed by atoms with E-state index >= 15 is 0 Å². The van der Waals surface area contributed by atoms with Gasteiger partial charge < -0.3 is 10.1 Å². The molecular formula is C9H7FN2O3. The number of nitrogens with zero attached hydrogens (tertiary/aromatic N) is 1. The molecule has 0 radical (unpaired) electrons. The molecule has 5 nitrogen and oxygen atoms in total. The van der Waals surface area contributed by atoms with Crippen LogP contribution in [-0.4, -0.2) is 20.6 Å². The fourth-order valence-electron chi connectivity index (χ4n) is 1.42. The summed E-state index contributed by atoms with van der Waals surface area (Å²) in [7, 11) is 0. The number of imidazole rings is 1. The average molecular weight is 210 g/mol. The van der Waals surface area contributed by atoms with Gasteiger partial charge in [-0.1, -0.05) is 0 Å². The van der Waals surface area contributed by atoms with Gasteiger partial charge in [-0.2, -0.15) is 0 Å². The summed E-state index contributed by atoms with van der Waals surface area (Å²) < 4.78 is 13.9. The van der Waals surface area contributed by atoms with E-state index in [0.717, 1.165) is 10.6 Å². The Morgan fingerprint density at radius 3 is 2.93 bits per heavy atom. The Morgan fingerprint density at radius 1 is 1.53 bits per heavy atom. The number of carboxylic acids is 1. The second kappa shape index (κ2) is 3.23. The number of aliphatic carboxylic acids is 1. The van der Waals surface area contributed by atoms with Crippen LogP contribution in [0.2, 0.25) is 0 Å². The highest BCUT2D eigenvalue weighted by Gasteiger charge is 2.09. The first-order valence-corrected chi connectivity index (χ1v) is 4.18. The monoisotopic (exact) mass is 210 g/mol. The predicted octanol–water partition coefficient (Wildman–Crippen LogP) is 0.553. The molecule has 1 aromatic heterocycles. The van der Waals surface area contributed by atoms with Crippen molar-refractivity contribution in [2.45, 2.75) is 6.54 Å². The van der Waals surface area contributed by atoms with Crippen LogP contribution in [0, 0.1) is 5.82 Å². The van der Waals surface area contributed by atoms with Crippen LogP contribution >= 0.6 is 0 Å². The molecule has 15 heavy (non-hydrogen) atoms. The van der Waals surface area contributed by atoms with Gasteiger partial charge in [0.1, 0.15) is 12.4 Å². The van der Waals surface area contributed by atoms with E-state index in [0.29, 0.717) is 5.52 Å². The molecule has 0 atom stereocenters. The van der Waals surface area contributed by atoms with E-state index in [1.807, 2.05) is 0 Å². The molecule has 0 fully saturated rings.